The van der Waals surface area contributed by atoms with Gasteiger partial charge in [0.25, 0.3) is 0 Å². The van der Waals surface area contributed by atoms with Gasteiger partial charge in [0.1, 0.15) is 0 Å². The van der Waals surface area contributed by atoms with Gasteiger partial charge >= 0.3 is 0 Å². The number of rotatable bonds is 3. The number of alkyl halides is 2. The highest BCUT2D eigenvalue weighted by atomic mass is 79.9. The average Bonchev–Trinajstić information content (AvgIpc) is 2.39. The van der Waals surface area contributed by atoms with E-state index in [4.69, 9.17) is 23.2 Å². The lowest BCUT2D eigenvalue weighted by Gasteiger charge is -2.17. The monoisotopic (exact) mass is 406 g/mol. The van der Waals surface area contributed by atoms with Crippen molar-refractivity contribution in [2.45, 2.75) is 9.65 Å². The van der Waals surface area contributed by atoms with Crippen LogP contribution in [-0.2, 0) is 0 Å². The molecule has 2 aromatic carbocycles. The van der Waals surface area contributed by atoms with E-state index in [1.54, 1.807) is 0 Å². The fourth-order valence-corrected chi connectivity index (χ4v) is 3.10. The van der Waals surface area contributed by atoms with Gasteiger partial charge in [0.05, 0.1) is 9.65 Å². The van der Waals surface area contributed by atoms with Gasteiger partial charge in [-0.25, -0.2) is 0 Å². The smallest absolute Gasteiger partial charge is 0.0561 e. The second-order valence-corrected chi connectivity index (χ2v) is 6.75. The molecule has 0 saturated carbocycles. The molecular formula is C14H10Br2Cl2. The van der Waals surface area contributed by atoms with E-state index in [2.05, 4.69) is 31.9 Å². The SMILES string of the molecule is Clc1ccc([C@@H](Br)[C@H](Br)c2ccc(Cl)cc2)cc1. The minimum Gasteiger partial charge on any atom is -0.0843 e. The van der Waals surface area contributed by atoms with Crippen LogP contribution in [0.3, 0.4) is 0 Å². The largest absolute Gasteiger partial charge is 0.0843 e. The maximum atomic E-state index is 5.89. The van der Waals surface area contributed by atoms with Crippen molar-refractivity contribution in [3.63, 3.8) is 0 Å². The third-order valence-corrected chi connectivity index (χ3v) is 5.96. The van der Waals surface area contributed by atoms with Crippen molar-refractivity contribution in [1.82, 2.24) is 0 Å². The molecule has 0 N–H and O–H groups in total. The zero-order valence-electron chi connectivity index (χ0n) is 9.29. The summed E-state index contributed by atoms with van der Waals surface area (Å²) in [5.74, 6) is 0. The van der Waals surface area contributed by atoms with E-state index in [0.29, 0.717) is 0 Å². The molecule has 0 aliphatic heterocycles. The lowest BCUT2D eigenvalue weighted by Crippen LogP contribution is -1.99. The van der Waals surface area contributed by atoms with Crippen molar-refractivity contribution in [2.24, 2.45) is 0 Å². The maximum Gasteiger partial charge on any atom is 0.0561 e. The molecule has 0 heterocycles. The van der Waals surface area contributed by atoms with E-state index >= 15 is 0 Å². The summed E-state index contributed by atoms with van der Waals surface area (Å²) in [6, 6.07) is 15.7. The fourth-order valence-electron chi connectivity index (χ4n) is 1.63. The summed E-state index contributed by atoms with van der Waals surface area (Å²) in [4.78, 5) is 0.354. The minimum atomic E-state index is 0.177. The van der Waals surface area contributed by atoms with E-state index in [1.807, 2.05) is 48.5 Å². The van der Waals surface area contributed by atoms with Gasteiger partial charge < -0.3 is 0 Å². The number of hydrogen-bond donors (Lipinski definition) is 0. The Labute approximate surface area is 134 Å². The number of benzene rings is 2. The molecule has 0 spiro atoms. The molecular weight excluding hydrogens is 399 g/mol. The Kier molecular flexibility index (Phi) is 5.14. The van der Waals surface area contributed by atoms with Crippen LogP contribution in [0.1, 0.15) is 20.8 Å². The summed E-state index contributed by atoms with van der Waals surface area (Å²) in [6.45, 7) is 0. The van der Waals surface area contributed by atoms with Crippen molar-refractivity contribution in [3.05, 3.63) is 69.7 Å². The third-order valence-electron chi connectivity index (χ3n) is 2.63. The number of hydrogen-bond acceptors (Lipinski definition) is 0. The molecule has 94 valence electrons. The standard InChI is InChI=1S/C14H10Br2Cl2/c15-13(9-1-5-11(17)6-2-9)14(16)10-3-7-12(18)8-4-10/h1-8,13-14H/t13-,14-/m1/s1. The Morgan fingerprint density at radius 2 is 0.889 bits per heavy atom. The van der Waals surface area contributed by atoms with Crippen LogP contribution in [0.5, 0.6) is 0 Å². The molecule has 0 unspecified atom stereocenters. The lowest BCUT2D eigenvalue weighted by atomic mass is 10.0. The van der Waals surface area contributed by atoms with Gasteiger partial charge in [-0.1, -0.05) is 79.3 Å². The van der Waals surface area contributed by atoms with Crippen LogP contribution in [0.2, 0.25) is 10.0 Å². The number of halogens is 4. The van der Waals surface area contributed by atoms with Gasteiger partial charge in [-0.15, -0.1) is 0 Å². The van der Waals surface area contributed by atoms with Crippen molar-refractivity contribution >= 4 is 55.1 Å². The molecule has 0 aliphatic carbocycles. The van der Waals surface area contributed by atoms with Crippen LogP contribution >= 0.6 is 55.1 Å². The molecule has 4 heteroatoms. The molecule has 0 fully saturated rings. The first-order chi connectivity index (χ1) is 8.58. The molecule has 0 saturated heterocycles. The predicted molar refractivity (Wildman–Crippen MR) is 86.2 cm³/mol. The van der Waals surface area contributed by atoms with E-state index in [9.17, 15) is 0 Å². The topological polar surface area (TPSA) is 0 Å². The van der Waals surface area contributed by atoms with Gasteiger partial charge in [0.15, 0.2) is 0 Å². The molecule has 2 rings (SSSR count). The molecule has 2 atom stereocenters. The van der Waals surface area contributed by atoms with Crippen LogP contribution in [0.15, 0.2) is 48.5 Å². The summed E-state index contributed by atoms with van der Waals surface area (Å²) in [5, 5.41) is 1.49. The molecule has 0 bridgehead atoms. The summed E-state index contributed by atoms with van der Waals surface area (Å²) >= 11 is 19.2. The summed E-state index contributed by atoms with van der Waals surface area (Å²) < 4.78 is 0. The molecule has 0 aromatic heterocycles. The molecule has 0 nitrogen and oxygen atoms in total. The lowest BCUT2D eigenvalue weighted by molar-refractivity contribution is 0.938. The fraction of sp³-hybridized carbons (Fsp3) is 0.143. The van der Waals surface area contributed by atoms with Gasteiger partial charge in [-0.2, -0.15) is 0 Å². The highest BCUT2D eigenvalue weighted by Gasteiger charge is 2.19. The van der Waals surface area contributed by atoms with Crippen LogP contribution < -0.4 is 0 Å². The minimum absolute atomic E-state index is 0.177. The Bertz CT molecular complexity index is 459. The van der Waals surface area contributed by atoms with Crippen LogP contribution in [0.25, 0.3) is 0 Å². The molecule has 0 aliphatic rings. The van der Waals surface area contributed by atoms with Crippen LogP contribution in [0.4, 0.5) is 0 Å². The van der Waals surface area contributed by atoms with Crippen molar-refractivity contribution < 1.29 is 0 Å². The van der Waals surface area contributed by atoms with Gasteiger partial charge in [0, 0.05) is 10.0 Å². The quantitative estimate of drug-likeness (QED) is 0.504. The Morgan fingerprint density at radius 3 is 1.17 bits per heavy atom. The van der Waals surface area contributed by atoms with Gasteiger partial charge in [-0.3, -0.25) is 0 Å². The maximum absolute atomic E-state index is 5.89. The predicted octanol–water partition coefficient (Wildman–Crippen LogP) is 6.57. The summed E-state index contributed by atoms with van der Waals surface area (Å²) in [6.07, 6.45) is 0. The van der Waals surface area contributed by atoms with Crippen LogP contribution in [-0.4, -0.2) is 0 Å². The first-order valence-corrected chi connectivity index (χ1v) is 7.96. The zero-order chi connectivity index (χ0) is 13.1. The molecule has 2 aromatic rings. The average molecular weight is 409 g/mol. The molecule has 0 amide bonds. The van der Waals surface area contributed by atoms with Crippen LogP contribution in [0, 0.1) is 0 Å². The Morgan fingerprint density at radius 1 is 0.611 bits per heavy atom. The highest BCUT2D eigenvalue weighted by Crippen LogP contribution is 2.42. The summed E-state index contributed by atoms with van der Waals surface area (Å²) in [5.41, 5.74) is 2.35. The van der Waals surface area contributed by atoms with Crippen molar-refractivity contribution in [3.8, 4) is 0 Å². The van der Waals surface area contributed by atoms with Gasteiger partial charge in [-0.05, 0) is 35.4 Å². The molecule has 0 radical (unpaired) electrons. The van der Waals surface area contributed by atoms with E-state index in [1.165, 1.54) is 11.1 Å². The second kappa shape index (κ2) is 6.42. The zero-order valence-corrected chi connectivity index (χ0v) is 14.0. The Balaban J connectivity index is 2.20. The summed E-state index contributed by atoms with van der Waals surface area (Å²) in [7, 11) is 0. The first-order valence-electron chi connectivity index (χ1n) is 5.37. The molecule has 18 heavy (non-hydrogen) atoms. The normalized spacial score (nSPS) is 14.2. The van der Waals surface area contributed by atoms with E-state index in [0.717, 1.165) is 10.0 Å². The first kappa shape index (κ1) is 14.4. The highest BCUT2D eigenvalue weighted by molar-refractivity contribution is 9.12. The van der Waals surface area contributed by atoms with E-state index in [-0.39, 0.29) is 9.65 Å². The van der Waals surface area contributed by atoms with E-state index < -0.39 is 0 Å². The van der Waals surface area contributed by atoms with Crippen molar-refractivity contribution in [2.75, 3.05) is 0 Å². The van der Waals surface area contributed by atoms with Crippen molar-refractivity contribution in [1.29, 1.82) is 0 Å². The third kappa shape index (κ3) is 3.51. The second-order valence-electron chi connectivity index (χ2n) is 3.91. The van der Waals surface area contributed by atoms with Gasteiger partial charge in [0.2, 0.25) is 0 Å². The Hall–Kier alpha value is -0.0200.